The molecule has 2 heterocycles. The van der Waals surface area contributed by atoms with Crippen LogP contribution in [0.3, 0.4) is 0 Å². The maximum atomic E-state index is 3.89. The van der Waals surface area contributed by atoms with E-state index in [0.29, 0.717) is 0 Å². The Labute approximate surface area is 88.5 Å². The molecule has 2 aliphatic heterocycles. The van der Waals surface area contributed by atoms with Gasteiger partial charge in [0.15, 0.2) is 0 Å². The predicted molar refractivity (Wildman–Crippen MR) is 59.0 cm³/mol. The molecule has 2 fully saturated rings. The van der Waals surface area contributed by atoms with Crippen molar-refractivity contribution in [3.63, 3.8) is 0 Å². The minimum absolute atomic E-state index is 0.751. The van der Waals surface area contributed by atoms with Gasteiger partial charge in [0.05, 0.1) is 0 Å². The topological polar surface area (TPSA) is 15.3 Å². The smallest absolute Gasteiger partial charge is 0.0294 e. The van der Waals surface area contributed by atoms with Gasteiger partial charge >= 0.3 is 0 Å². The van der Waals surface area contributed by atoms with Crippen molar-refractivity contribution in [1.82, 2.24) is 10.2 Å². The minimum atomic E-state index is 0.751. The lowest BCUT2D eigenvalue weighted by Gasteiger charge is -2.24. The summed E-state index contributed by atoms with van der Waals surface area (Å²) in [6, 6.07) is 0.751. The molecule has 2 nitrogen and oxygen atoms in total. The second-order valence-corrected chi connectivity index (χ2v) is 5.30. The van der Waals surface area contributed by atoms with Gasteiger partial charge in [0.25, 0.3) is 0 Å². The van der Waals surface area contributed by atoms with Crippen LogP contribution < -0.4 is 5.32 Å². The number of hydrogen-bond acceptors (Lipinski definition) is 2. The van der Waals surface area contributed by atoms with Gasteiger partial charge in [0.2, 0.25) is 0 Å². The van der Waals surface area contributed by atoms with E-state index in [0.717, 1.165) is 23.0 Å². The van der Waals surface area contributed by atoms with Crippen molar-refractivity contribution in [3.05, 3.63) is 11.1 Å². The van der Waals surface area contributed by atoms with Gasteiger partial charge in [-0.15, -0.1) is 0 Å². The minimum Gasteiger partial charge on any atom is -0.312 e. The van der Waals surface area contributed by atoms with Crippen LogP contribution in [0.2, 0.25) is 0 Å². The van der Waals surface area contributed by atoms with Gasteiger partial charge in [-0.2, -0.15) is 0 Å². The fourth-order valence-corrected chi connectivity index (χ4v) is 2.86. The predicted octanol–water partition coefficient (Wildman–Crippen LogP) is 1.58. The normalized spacial score (nSPS) is 34.5. The van der Waals surface area contributed by atoms with Gasteiger partial charge in [-0.05, 0) is 25.3 Å². The zero-order valence-electron chi connectivity index (χ0n) is 7.93. The van der Waals surface area contributed by atoms with Crippen LogP contribution in [0.4, 0.5) is 0 Å². The van der Waals surface area contributed by atoms with Gasteiger partial charge in [-0.25, -0.2) is 0 Å². The summed E-state index contributed by atoms with van der Waals surface area (Å²) in [5.74, 6) is 0.889. The lowest BCUT2D eigenvalue weighted by atomic mass is 9.94. The number of fused-ring (bicyclic) bond motifs is 1. The second kappa shape index (κ2) is 4.11. The highest BCUT2D eigenvalue weighted by atomic mass is 79.9. The molecule has 0 radical (unpaired) electrons. The zero-order chi connectivity index (χ0) is 9.26. The van der Waals surface area contributed by atoms with Crippen molar-refractivity contribution in [2.75, 3.05) is 26.2 Å². The van der Waals surface area contributed by atoms with Gasteiger partial charge in [0.1, 0.15) is 0 Å². The second-order valence-electron chi connectivity index (χ2n) is 4.17. The molecule has 2 aliphatic rings. The van der Waals surface area contributed by atoms with Crippen LogP contribution in [-0.2, 0) is 0 Å². The molecule has 0 amide bonds. The van der Waals surface area contributed by atoms with E-state index in [1.165, 1.54) is 32.5 Å². The molecule has 13 heavy (non-hydrogen) atoms. The first-order valence-corrected chi connectivity index (χ1v) is 5.84. The molecule has 0 unspecified atom stereocenters. The van der Waals surface area contributed by atoms with Crippen molar-refractivity contribution >= 4 is 15.9 Å². The molecule has 2 rings (SSSR count). The first-order chi connectivity index (χ1) is 6.25. The zero-order valence-corrected chi connectivity index (χ0v) is 9.52. The Morgan fingerprint density at radius 2 is 2.38 bits per heavy atom. The first-order valence-electron chi connectivity index (χ1n) is 5.05. The van der Waals surface area contributed by atoms with E-state index in [2.05, 4.69) is 32.7 Å². The Hall–Kier alpha value is 0.140. The molecule has 0 aromatic carbocycles. The third kappa shape index (κ3) is 2.33. The van der Waals surface area contributed by atoms with Crippen LogP contribution in [-0.4, -0.2) is 37.1 Å². The van der Waals surface area contributed by atoms with Crippen LogP contribution in [0.25, 0.3) is 0 Å². The van der Waals surface area contributed by atoms with E-state index in [1.54, 1.807) is 0 Å². The maximum absolute atomic E-state index is 3.89. The van der Waals surface area contributed by atoms with Crippen molar-refractivity contribution in [2.45, 2.75) is 18.9 Å². The molecule has 0 saturated carbocycles. The maximum Gasteiger partial charge on any atom is 0.0294 e. The molecule has 0 spiro atoms. The Morgan fingerprint density at radius 1 is 1.54 bits per heavy atom. The molecule has 0 aromatic rings. The average Bonchev–Trinajstić information content (AvgIpc) is 2.44. The van der Waals surface area contributed by atoms with E-state index in [9.17, 15) is 0 Å². The Bertz CT molecular complexity index is 191. The third-order valence-corrected chi connectivity index (χ3v) is 3.32. The van der Waals surface area contributed by atoms with Crippen LogP contribution in [0.5, 0.6) is 0 Å². The Balaban J connectivity index is 1.87. The fourth-order valence-electron chi connectivity index (χ4n) is 2.51. The molecular formula is C10H17BrN2. The van der Waals surface area contributed by atoms with E-state index in [1.807, 2.05) is 0 Å². The molecule has 0 bridgehead atoms. The number of nitrogens with zero attached hydrogens (tertiary/aromatic N) is 1. The summed E-state index contributed by atoms with van der Waals surface area (Å²) < 4.78 is 1.10. The number of piperidine rings is 1. The summed E-state index contributed by atoms with van der Waals surface area (Å²) in [7, 11) is 0. The molecule has 0 aromatic heterocycles. The van der Waals surface area contributed by atoms with Gasteiger partial charge in [-0.3, -0.25) is 4.90 Å². The standard InChI is InChI=1S/C10H17BrN2/c1-8(11)5-13-6-9-3-2-4-12-10(9)7-13/h9-10,12H,1-7H2/t9-,10+/m0/s1. The molecule has 2 atom stereocenters. The summed E-state index contributed by atoms with van der Waals surface area (Å²) in [4.78, 5) is 2.49. The molecule has 1 N–H and O–H groups in total. The lowest BCUT2D eigenvalue weighted by Crippen LogP contribution is -2.40. The highest BCUT2D eigenvalue weighted by Crippen LogP contribution is 2.25. The first kappa shape index (κ1) is 9.69. The largest absolute Gasteiger partial charge is 0.312 e. The molecule has 74 valence electrons. The molecular weight excluding hydrogens is 228 g/mol. The summed E-state index contributed by atoms with van der Waals surface area (Å²) in [6.45, 7) is 8.57. The van der Waals surface area contributed by atoms with Crippen LogP contribution >= 0.6 is 15.9 Å². The number of hydrogen-bond donors (Lipinski definition) is 1. The molecule has 3 heteroatoms. The van der Waals surface area contributed by atoms with Gasteiger partial charge in [-0.1, -0.05) is 22.5 Å². The van der Waals surface area contributed by atoms with Crippen molar-refractivity contribution < 1.29 is 0 Å². The molecule has 2 saturated heterocycles. The van der Waals surface area contributed by atoms with E-state index >= 15 is 0 Å². The number of likely N-dealkylation sites (tertiary alicyclic amines) is 1. The number of halogens is 1. The van der Waals surface area contributed by atoms with Crippen molar-refractivity contribution in [3.8, 4) is 0 Å². The SMILES string of the molecule is C=C(Br)CN1C[C@@H]2CCCN[C@@H]2C1. The molecule has 0 aliphatic carbocycles. The summed E-state index contributed by atoms with van der Waals surface area (Å²) in [5, 5.41) is 3.60. The van der Waals surface area contributed by atoms with Crippen LogP contribution in [0.1, 0.15) is 12.8 Å². The van der Waals surface area contributed by atoms with Crippen molar-refractivity contribution in [1.29, 1.82) is 0 Å². The van der Waals surface area contributed by atoms with Gasteiger partial charge < -0.3 is 5.32 Å². The summed E-state index contributed by atoms with van der Waals surface area (Å²) in [6.07, 6.45) is 2.76. The monoisotopic (exact) mass is 244 g/mol. The summed E-state index contributed by atoms with van der Waals surface area (Å²) >= 11 is 3.43. The lowest BCUT2D eigenvalue weighted by molar-refractivity contribution is 0.335. The highest BCUT2D eigenvalue weighted by molar-refractivity contribution is 9.11. The number of rotatable bonds is 2. The van der Waals surface area contributed by atoms with Crippen molar-refractivity contribution in [2.24, 2.45) is 5.92 Å². The quantitative estimate of drug-likeness (QED) is 0.794. The van der Waals surface area contributed by atoms with Crippen LogP contribution in [0.15, 0.2) is 11.1 Å². The van der Waals surface area contributed by atoms with Crippen LogP contribution in [0, 0.1) is 5.92 Å². The Kier molecular flexibility index (Phi) is 3.06. The van der Waals surface area contributed by atoms with E-state index < -0.39 is 0 Å². The third-order valence-electron chi connectivity index (χ3n) is 3.07. The summed E-state index contributed by atoms with van der Waals surface area (Å²) in [5.41, 5.74) is 0. The Morgan fingerprint density at radius 3 is 3.08 bits per heavy atom. The number of nitrogens with one attached hydrogen (secondary N) is 1. The average molecular weight is 245 g/mol. The van der Waals surface area contributed by atoms with Gasteiger partial charge in [0, 0.05) is 30.2 Å². The van der Waals surface area contributed by atoms with E-state index in [4.69, 9.17) is 0 Å². The fraction of sp³-hybridized carbons (Fsp3) is 0.800. The highest BCUT2D eigenvalue weighted by Gasteiger charge is 2.33. The van der Waals surface area contributed by atoms with E-state index in [-0.39, 0.29) is 0 Å².